The van der Waals surface area contributed by atoms with E-state index in [0.29, 0.717) is 16.6 Å². The van der Waals surface area contributed by atoms with Gasteiger partial charge in [0.2, 0.25) is 0 Å². The second-order valence-corrected chi connectivity index (χ2v) is 7.99. The summed E-state index contributed by atoms with van der Waals surface area (Å²) in [5, 5.41) is 8.89. The summed E-state index contributed by atoms with van der Waals surface area (Å²) in [6.45, 7) is 6.06. The molecule has 3 aromatic heterocycles. The Labute approximate surface area is 150 Å². The van der Waals surface area contributed by atoms with Gasteiger partial charge >= 0.3 is 0 Å². The molecule has 1 aliphatic rings. The Kier molecular flexibility index (Phi) is 3.83. The molecule has 0 radical (unpaired) electrons. The molecule has 3 heterocycles. The van der Waals surface area contributed by atoms with Crippen LogP contribution in [0.1, 0.15) is 45.7 Å². The van der Waals surface area contributed by atoms with Gasteiger partial charge in [-0.15, -0.1) is 11.3 Å². The molecule has 0 aromatic carbocycles. The largest absolute Gasteiger partial charge is 0.298 e. The van der Waals surface area contributed by atoms with E-state index in [9.17, 15) is 4.79 Å². The standard InChI is InChI=1S/C18H21N5OS/c1-9-5-6-13-14(7-9)25-18(20-13)21-17(24)12-8-10(2)19-16-15(12)11(3)22-23(16)4/h8-9H,5-7H2,1-4H3,(H,20,21,24). The van der Waals surface area contributed by atoms with Crippen molar-refractivity contribution in [3.63, 3.8) is 0 Å². The van der Waals surface area contributed by atoms with Crippen molar-refractivity contribution in [2.24, 2.45) is 13.0 Å². The number of anilines is 1. The summed E-state index contributed by atoms with van der Waals surface area (Å²) in [5.41, 5.74) is 4.09. The molecule has 25 heavy (non-hydrogen) atoms. The average molecular weight is 355 g/mol. The summed E-state index contributed by atoms with van der Waals surface area (Å²) in [7, 11) is 1.85. The van der Waals surface area contributed by atoms with Crippen LogP contribution in [0.2, 0.25) is 0 Å². The molecule has 1 N–H and O–H groups in total. The van der Waals surface area contributed by atoms with Crippen LogP contribution >= 0.6 is 11.3 Å². The molecule has 4 rings (SSSR count). The van der Waals surface area contributed by atoms with Gasteiger partial charge < -0.3 is 0 Å². The number of fused-ring (bicyclic) bond motifs is 2. The van der Waals surface area contributed by atoms with Crippen molar-refractivity contribution in [1.29, 1.82) is 0 Å². The molecule has 0 bridgehead atoms. The van der Waals surface area contributed by atoms with Gasteiger partial charge in [-0.3, -0.25) is 14.8 Å². The molecule has 0 aliphatic heterocycles. The SMILES string of the molecule is Cc1cc(C(=O)Nc2nc3c(s2)CC(C)CC3)c2c(C)nn(C)c2n1. The van der Waals surface area contributed by atoms with E-state index < -0.39 is 0 Å². The maximum absolute atomic E-state index is 12.9. The third-order valence-corrected chi connectivity index (χ3v) is 5.78. The molecule has 0 saturated heterocycles. The molecule has 0 fully saturated rings. The number of nitrogens with zero attached hydrogens (tertiary/aromatic N) is 4. The maximum Gasteiger partial charge on any atom is 0.258 e. The minimum absolute atomic E-state index is 0.147. The highest BCUT2D eigenvalue weighted by Crippen LogP contribution is 2.32. The number of carbonyl (C=O) groups excluding carboxylic acids is 1. The van der Waals surface area contributed by atoms with E-state index in [1.54, 1.807) is 16.0 Å². The Morgan fingerprint density at radius 2 is 2.16 bits per heavy atom. The number of carbonyl (C=O) groups is 1. The van der Waals surface area contributed by atoms with Gasteiger partial charge in [0, 0.05) is 17.6 Å². The number of hydrogen-bond acceptors (Lipinski definition) is 5. The van der Waals surface area contributed by atoms with Crippen molar-refractivity contribution in [1.82, 2.24) is 19.7 Å². The van der Waals surface area contributed by atoms with Gasteiger partial charge in [0.1, 0.15) is 0 Å². The van der Waals surface area contributed by atoms with Gasteiger partial charge in [0.15, 0.2) is 10.8 Å². The fourth-order valence-corrected chi connectivity index (χ4v) is 4.67. The van der Waals surface area contributed by atoms with Crippen LogP contribution < -0.4 is 5.32 Å². The van der Waals surface area contributed by atoms with Gasteiger partial charge in [-0.05, 0) is 45.1 Å². The number of hydrogen-bond donors (Lipinski definition) is 1. The van der Waals surface area contributed by atoms with Gasteiger partial charge in [-0.1, -0.05) is 6.92 Å². The highest BCUT2D eigenvalue weighted by Gasteiger charge is 2.22. The maximum atomic E-state index is 12.9. The lowest BCUT2D eigenvalue weighted by Gasteiger charge is -2.15. The van der Waals surface area contributed by atoms with Crippen LogP contribution in [0.15, 0.2) is 6.07 Å². The number of nitrogens with one attached hydrogen (secondary N) is 1. The van der Waals surface area contributed by atoms with E-state index in [0.717, 1.165) is 41.0 Å². The lowest BCUT2D eigenvalue weighted by Crippen LogP contribution is -2.13. The Hall–Kier alpha value is -2.28. The highest BCUT2D eigenvalue weighted by atomic mass is 32.1. The normalized spacial score (nSPS) is 16.9. The Morgan fingerprint density at radius 3 is 2.96 bits per heavy atom. The summed E-state index contributed by atoms with van der Waals surface area (Å²) in [6.07, 6.45) is 3.23. The highest BCUT2D eigenvalue weighted by molar-refractivity contribution is 7.15. The van der Waals surface area contributed by atoms with Crippen LogP contribution in [0.25, 0.3) is 11.0 Å². The van der Waals surface area contributed by atoms with Gasteiger partial charge in [-0.25, -0.2) is 9.97 Å². The van der Waals surface area contributed by atoms with Crippen LogP contribution in [0, 0.1) is 19.8 Å². The zero-order valence-electron chi connectivity index (χ0n) is 14.9. The molecule has 1 amide bonds. The zero-order valence-corrected chi connectivity index (χ0v) is 15.7. The van der Waals surface area contributed by atoms with Crippen molar-refractivity contribution in [3.05, 3.63) is 33.6 Å². The summed E-state index contributed by atoms with van der Waals surface area (Å²) in [5.74, 6) is 0.544. The number of thiazole rings is 1. The predicted octanol–water partition coefficient (Wildman–Crippen LogP) is 3.42. The number of aryl methyl sites for hydroxylation is 4. The van der Waals surface area contributed by atoms with Gasteiger partial charge in [0.05, 0.1) is 22.3 Å². The minimum Gasteiger partial charge on any atom is -0.298 e. The van der Waals surface area contributed by atoms with Crippen LogP contribution in [-0.2, 0) is 19.9 Å². The molecule has 0 saturated carbocycles. The van der Waals surface area contributed by atoms with Crippen LogP contribution in [0.3, 0.4) is 0 Å². The molecule has 1 atom stereocenters. The molecule has 1 aliphatic carbocycles. The van der Waals surface area contributed by atoms with E-state index >= 15 is 0 Å². The number of aromatic nitrogens is 4. The molecule has 130 valence electrons. The Bertz CT molecular complexity index is 987. The quantitative estimate of drug-likeness (QED) is 0.764. The fourth-order valence-electron chi connectivity index (χ4n) is 3.51. The third-order valence-electron chi connectivity index (χ3n) is 4.75. The molecule has 3 aromatic rings. The smallest absolute Gasteiger partial charge is 0.258 e. The molecular formula is C18H21N5OS. The van der Waals surface area contributed by atoms with Crippen LogP contribution in [0.5, 0.6) is 0 Å². The van der Waals surface area contributed by atoms with E-state index in [1.165, 1.54) is 11.3 Å². The summed E-state index contributed by atoms with van der Waals surface area (Å²) in [6, 6.07) is 1.82. The predicted molar refractivity (Wildman–Crippen MR) is 99.2 cm³/mol. The second-order valence-electron chi connectivity index (χ2n) is 6.91. The van der Waals surface area contributed by atoms with Crippen molar-refractivity contribution in [3.8, 4) is 0 Å². The molecule has 1 unspecified atom stereocenters. The molecular weight excluding hydrogens is 334 g/mol. The first kappa shape index (κ1) is 16.2. The van der Waals surface area contributed by atoms with Crippen molar-refractivity contribution in [2.75, 3.05) is 5.32 Å². The monoisotopic (exact) mass is 355 g/mol. The van der Waals surface area contributed by atoms with Crippen LogP contribution in [0.4, 0.5) is 5.13 Å². The average Bonchev–Trinajstić information content (AvgIpc) is 3.06. The zero-order chi connectivity index (χ0) is 17.7. The summed E-state index contributed by atoms with van der Waals surface area (Å²) in [4.78, 5) is 23.4. The van der Waals surface area contributed by atoms with E-state index in [-0.39, 0.29) is 5.91 Å². The Balaban J connectivity index is 1.69. The van der Waals surface area contributed by atoms with Gasteiger partial charge in [-0.2, -0.15) is 5.10 Å². The Morgan fingerprint density at radius 1 is 1.36 bits per heavy atom. The van der Waals surface area contributed by atoms with Crippen molar-refractivity contribution in [2.45, 2.75) is 40.0 Å². The topological polar surface area (TPSA) is 72.7 Å². The first-order valence-corrected chi connectivity index (χ1v) is 9.35. The summed E-state index contributed by atoms with van der Waals surface area (Å²) >= 11 is 1.60. The lowest BCUT2D eigenvalue weighted by molar-refractivity contribution is 0.102. The van der Waals surface area contributed by atoms with E-state index in [1.807, 2.05) is 27.0 Å². The molecule has 6 nitrogen and oxygen atoms in total. The molecule has 7 heteroatoms. The van der Waals surface area contributed by atoms with Crippen LogP contribution in [-0.4, -0.2) is 25.7 Å². The summed E-state index contributed by atoms with van der Waals surface area (Å²) < 4.78 is 1.72. The number of amides is 1. The number of rotatable bonds is 2. The van der Waals surface area contributed by atoms with Gasteiger partial charge in [0.25, 0.3) is 5.91 Å². The first-order valence-electron chi connectivity index (χ1n) is 8.53. The van der Waals surface area contributed by atoms with Crippen molar-refractivity contribution >= 4 is 33.4 Å². The second kappa shape index (κ2) is 5.91. The van der Waals surface area contributed by atoms with E-state index in [4.69, 9.17) is 0 Å². The molecule has 0 spiro atoms. The van der Waals surface area contributed by atoms with Crippen molar-refractivity contribution < 1.29 is 4.79 Å². The first-order chi connectivity index (χ1) is 11.9. The number of pyridine rings is 1. The minimum atomic E-state index is -0.147. The third kappa shape index (κ3) is 2.82. The lowest BCUT2D eigenvalue weighted by atomic mass is 9.93. The van der Waals surface area contributed by atoms with E-state index in [2.05, 4.69) is 27.3 Å². The fraction of sp³-hybridized carbons (Fsp3) is 0.444.